The zero-order valence-corrected chi connectivity index (χ0v) is 22.7. The van der Waals surface area contributed by atoms with E-state index in [-0.39, 0.29) is 51.0 Å². The van der Waals surface area contributed by atoms with Gasteiger partial charge in [0.25, 0.3) is 0 Å². The minimum Gasteiger partial charge on any atom is -1.00 e. The molecule has 4 saturated carbocycles. The zero-order valence-electron chi connectivity index (χ0n) is 18.7. The van der Waals surface area contributed by atoms with E-state index >= 15 is 0 Å². The molecule has 2 aromatic carbocycles. The summed E-state index contributed by atoms with van der Waals surface area (Å²) in [5.74, 6) is 3.77. The Bertz CT molecular complexity index is 927. The van der Waals surface area contributed by atoms with Gasteiger partial charge in [0.2, 0.25) is 0 Å². The maximum atomic E-state index is 3.48. The van der Waals surface area contributed by atoms with E-state index in [0.717, 1.165) is 24.2 Å². The Balaban J connectivity index is 0.000000168. The van der Waals surface area contributed by atoms with Gasteiger partial charge < -0.3 is 24.8 Å². The van der Waals surface area contributed by atoms with Gasteiger partial charge in [0, 0.05) is 0 Å². The van der Waals surface area contributed by atoms with Crippen LogP contribution in [0.1, 0.15) is 56.6 Å². The average molecular weight is 541 g/mol. The van der Waals surface area contributed by atoms with E-state index < -0.39 is 0 Å². The second-order valence-electron chi connectivity index (χ2n) is 10.3. The van der Waals surface area contributed by atoms with Gasteiger partial charge in [0.15, 0.2) is 0 Å². The summed E-state index contributed by atoms with van der Waals surface area (Å²) in [6.07, 6.45) is 18.5. The maximum absolute atomic E-state index is 3.48. The molecule has 1 atom stereocenters. The predicted octanol–water partition coefficient (Wildman–Crippen LogP) is 1.20. The fourth-order valence-corrected chi connectivity index (χ4v) is 7.38. The van der Waals surface area contributed by atoms with E-state index in [1.165, 1.54) is 41.5 Å². The van der Waals surface area contributed by atoms with E-state index in [0.29, 0.717) is 11.3 Å². The van der Waals surface area contributed by atoms with E-state index in [9.17, 15) is 0 Å². The van der Waals surface area contributed by atoms with Gasteiger partial charge in [-0.3, -0.25) is 6.08 Å². The molecule has 6 aliphatic carbocycles. The molecule has 0 N–H and O–H groups in total. The number of benzene rings is 2. The van der Waals surface area contributed by atoms with Crippen molar-refractivity contribution in [2.75, 3.05) is 0 Å². The van der Waals surface area contributed by atoms with E-state index in [4.69, 9.17) is 0 Å². The summed E-state index contributed by atoms with van der Waals surface area (Å²) in [6, 6.07) is 18.1. The Kier molecular flexibility index (Phi) is 8.39. The molecule has 0 nitrogen and oxygen atoms in total. The Morgan fingerprint density at radius 3 is 2.09 bits per heavy atom. The van der Waals surface area contributed by atoms with Crippen molar-refractivity contribution in [3.63, 3.8) is 0 Å². The third-order valence-electron chi connectivity index (χ3n) is 8.20. The van der Waals surface area contributed by atoms with Crippen molar-refractivity contribution in [1.82, 2.24) is 0 Å². The molecule has 8 rings (SSSR count). The molecule has 0 radical (unpaired) electrons. The summed E-state index contributed by atoms with van der Waals surface area (Å²) in [4.78, 5) is 0. The van der Waals surface area contributed by atoms with Crippen molar-refractivity contribution in [3.8, 4) is 11.1 Å². The summed E-state index contributed by atoms with van der Waals surface area (Å²) in [5, 5.41) is 0. The maximum Gasteiger partial charge on any atom is 4.00 e. The molecule has 4 bridgehead atoms. The fourth-order valence-electron chi connectivity index (χ4n) is 7.38. The van der Waals surface area contributed by atoms with Crippen LogP contribution in [-0.2, 0) is 32.6 Å². The molecule has 0 aliphatic heterocycles. The van der Waals surface area contributed by atoms with Gasteiger partial charge in [-0.1, -0.05) is 72.9 Å². The fraction of sp³-hybridized carbons (Fsp3) is 0.448. The molecule has 0 aromatic heterocycles. The number of allylic oxidation sites excluding steroid dienone is 4. The van der Waals surface area contributed by atoms with Gasteiger partial charge in [-0.2, -0.15) is 41.5 Å². The quantitative estimate of drug-likeness (QED) is 0.407. The van der Waals surface area contributed by atoms with E-state index in [2.05, 4.69) is 67.6 Å². The number of hydrogen-bond donors (Lipinski definition) is 0. The van der Waals surface area contributed by atoms with Crippen LogP contribution in [0.2, 0.25) is 0 Å². The van der Waals surface area contributed by atoms with Crippen LogP contribution >= 0.6 is 0 Å². The van der Waals surface area contributed by atoms with Crippen LogP contribution in [0.3, 0.4) is 0 Å². The molecule has 6 aliphatic rings. The van der Waals surface area contributed by atoms with Crippen molar-refractivity contribution in [1.29, 1.82) is 0 Å². The van der Waals surface area contributed by atoms with Crippen LogP contribution < -0.4 is 24.8 Å². The first-order valence-corrected chi connectivity index (χ1v) is 11.6. The largest absolute Gasteiger partial charge is 4.00 e. The van der Waals surface area contributed by atoms with Crippen LogP contribution in [0.25, 0.3) is 11.1 Å². The van der Waals surface area contributed by atoms with Gasteiger partial charge in [-0.05, 0) is 43.4 Å². The number of hydrogen-bond acceptors (Lipinski definition) is 0. The molecule has 1 unspecified atom stereocenters. The molecule has 32 heavy (non-hydrogen) atoms. The van der Waals surface area contributed by atoms with Gasteiger partial charge in [0.05, 0.1) is 0 Å². The van der Waals surface area contributed by atoms with Crippen molar-refractivity contribution >= 4 is 0 Å². The Labute approximate surface area is 225 Å². The van der Waals surface area contributed by atoms with Crippen LogP contribution in [0.15, 0.2) is 60.2 Å². The number of rotatable bonds is 1. The van der Waals surface area contributed by atoms with Gasteiger partial charge in [-0.25, -0.2) is 6.08 Å². The van der Waals surface area contributed by atoms with Crippen LogP contribution in [0.5, 0.6) is 0 Å². The minimum absolute atomic E-state index is 0. The van der Waals surface area contributed by atoms with Crippen molar-refractivity contribution in [2.45, 2.75) is 51.9 Å². The summed E-state index contributed by atoms with van der Waals surface area (Å²) in [6.45, 7) is 2.27. The molecule has 0 heterocycles. The Hall–Kier alpha value is -0.617. The van der Waals surface area contributed by atoms with Gasteiger partial charge in [-0.15, -0.1) is 5.56 Å². The molecule has 0 amide bonds. The SMILES string of the molecule is CC1[C-]=CC(C23CC4CC(CC(C4)C2)C3)=C1.[Cl-].[Cl-].[Zr+4].[c-]1cccc2c1Cc1ccccc1-2. The number of halogens is 2. The smallest absolute Gasteiger partial charge is 1.00 e. The van der Waals surface area contributed by atoms with Gasteiger partial charge >= 0.3 is 26.2 Å². The van der Waals surface area contributed by atoms with Crippen molar-refractivity contribution < 1.29 is 51.0 Å². The van der Waals surface area contributed by atoms with E-state index in [1.54, 1.807) is 24.8 Å². The summed E-state index contributed by atoms with van der Waals surface area (Å²) >= 11 is 0. The third-order valence-corrected chi connectivity index (χ3v) is 8.20. The zero-order chi connectivity index (χ0) is 19.4. The monoisotopic (exact) mass is 538 g/mol. The first-order chi connectivity index (χ1) is 14.2. The Morgan fingerprint density at radius 2 is 1.47 bits per heavy atom. The number of fused-ring (bicyclic) bond motifs is 3. The molecule has 3 heteroatoms. The van der Waals surface area contributed by atoms with Crippen molar-refractivity contribution in [3.05, 3.63) is 83.5 Å². The standard InChI is InChI=1S/C16H21.C13H9.2ClH.Zr/c1-11-2-3-15(4-11)16-8-12-5-13(9-16)7-14(6-12)10-16;1-3-7-12-10(5-1)9-11-6-2-4-8-13(11)12;;;/h3-4,11-14H,5-10H2,1H3;1-5,7-8H,9H2;2*1H;/q2*-1;;;+4/p-2. The first-order valence-electron chi connectivity index (χ1n) is 11.6. The Morgan fingerprint density at radius 1 is 0.844 bits per heavy atom. The predicted molar refractivity (Wildman–Crippen MR) is 119 cm³/mol. The van der Waals surface area contributed by atoms with Crippen LogP contribution in [-0.4, -0.2) is 0 Å². The van der Waals surface area contributed by atoms with E-state index in [1.807, 2.05) is 6.07 Å². The molecular weight excluding hydrogens is 510 g/mol. The second-order valence-corrected chi connectivity index (χ2v) is 10.3. The van der Waals surface area contributed by atoms with Crippen LogP contribution in [0.4, 0.5) is 0 Å². The molecular formula is C29H30Cl2Zr. The van der Waals surface area contributed by atoms with Crippen LogP contribution in [0, 0.1) is 41.2 Å². The third kappa shape index (κ3) is 4.65. The molecule has 164 valence electrons. The summed E-state index contributed by atoms with van der Waals surface area (Å²) in [5.41, 5.74) is 7.78. The van der Waals surface area contributed by atoms with Gasteiger partial charge in [0.1, 0.15) is 0 Å². The molecule has 4 fully saturated rings. The molecule has 0 saturated heterocycles. The summed E-state index contributed by atoms with van der Waals surface area (Å²) < 4.78 is 0. The second kappa shape index (κ2) is 10.3. The minimum atomic E-state index is 0. The first kappa shape index (κ1) is 26.0. The van der Waals surface area contributed by atoms with Crippen molar-refractivity contribution in [2.24, 2.45) is 29.1 Å². The molecule has 0 spiro atoms. The normalized spacial score (nSPS) is 31.7. The topological polar surface area (TPSA) is 0 Å². The summed E-state index contributed by atoms with van der Waals surface area (Å²) in [7, 11) is 0. The average Bonchev–Trinajstić information content (AvgIpc) is 3.31. The molecule has 2 aromatic rings.